The normalized spacial score (nSPS) is 13.9. The van der Waals surface area contributed by atoms with E-state index in [-0.39, 0.29) is 11.8 Å². The summed E-state index contributed by atoms with van der Waals surface area (Å²) >= 11 is 7.74. The molecule has 1 amide bonds. The molecule has 0 aliphatic rings. The van der Waals surface area contributed by atoms with Gasteiger partial charge in [0.1, 0.15) is 5.54 Å². The molecule has 166 valence electrons. The second-order valence-electron chi connectivity index (χ2n) is 8.08. The molecule has 8 heteroatoms. The molecule has 2 aromatic carbocycles. The van der Waals surface area contributed by atoms with Gasteiger partial charge in [0.05, 0.1) is 22.9 Å². The maximum atomic E-state index is 12.9. The van der Waals surface area contributed by atoms with E-state index in [9.17, 15) is 10.1 Å². The van der Waals surface area contributed by atoms with Gasteiger partial charge in [-0.25, -0.2) is 0 Å². The highest BCUT2D eigenvalue weighted by atomic mass is 35.5. The van der Waals surface area contributed by atoms with E-state index in [1.165, 1.54) is 11.8 Å². The van der Waals surface area contributed by atoms with Gasteiger partial charge in [0.2, 0.25) is 5.91 Å². The highest BCUT2D eigenvalue weighted by Gasteiger charge is 2.32. The fraction of sp³-hybridized carbons (Fsp3) is 0.333. The Morgan fingerprint density at radius 3 is 2.44 bits per heavy atom. The van der Waals surface area contributed by atoms with Crippen LogP contribution in [0.15, 0.2) is 59.8 Å². The van der Waals surface area contributed by atoms with Crippen LogP contribution in [0, 0.1) is 17.2 Å². The molecule has 1 aromatic heterocycles. The number of benzene rings is 2. The zero-order valence-electron chi connectivity index (χ0n) is 18.5. The number of amides is 1. The first-order chi connectivity index (χ1) is 15.2. The molecule has 3 rings (SSSR count). The van der Waals surface area contributed by atoms with E-state index in [0.29, 0.717) is 22.5 Å². The first-order valence-corrected chi connectivity index (χ1v) is 11.6. The SMILES string of the molecule is CC(Sc1nnc(-c2ccccc2Cl)n1Cc1ccccc1)C(=O)NC(C)(C#N)C(C)C. The Hall–Kier alpha value is -2.82. The highest BCUT2D eigenvalue weighted by Crippen LogP contribution is 2.31. The fourth-order valence-electron chi connectivity index (χ4n) is 3.00. The zero-order valence-corrected chi connectivity index (χ0v) is 20.1. The summed E-state index contributed by atoms with van der Waals surface area (Å²) < 4.78 is 1.97. The Labute approximate surface area is 198 Å². The molecule has 0 saturated carbocycles. The number of carbonyl (C=O) groups excluding carboxylic acids is 1. The van der Waals surface area contributed by atoms with Gasteiger partial charge in [-0.1, -0.05) is 79.7 Å². The zero-order chi connectivity index (χ0) is 23.3. The third kappa shape index (κ3) is 5.32. The summed E-state index contributed by atoms with van der Waals surface area (Å²) in [6.07, 6.45) is 0. The summed E-state index contributed by atoms with van der Waals surface area (Å²) in [5.41, 5.74) is 0.918. The van der Waals surface area contributed by atoms with Gasteiger partial charge >= 0.3 is 0 Å². The number of nitriles is 1. The predicted octanol–water partition coefficient (Wildman–Crippen LogP) is 5.18. The largest absolute Gasteiger partial charge is 0.337 e. The van der Waals surface area contributed by atoms with Gasteiger partial charge in [0.25, 0.3) is 0 Å². The number of aromatic nitrogens is 3. The lowest BCUT2D eigenvalue weighted by atomic mass is 9.90. The number of nitrogens with one attached hydrogen (secondary N) is 1. The van der Waals surface area contributed by atoms with Gasteiger partial charge in [-0.15, -0.1) is 10.2 Å². The third-order valence-electron chi connectivity index (χ3n) is 5.44. The monoisotopic (exact) mass is 467 g/mol. The minimum Gasteiger partial charge on any atom is -0.337 e. The molecule has 32 heavy (non-hydrogen) atoms. The van der Waals surface area contributed by atoms with Crippen LogP contribution in [0.5, 0.6) is 0 Å². The maximum absolute atomic E-state index is 12.9. The van der Waals surface area contributed by atoms with E-state index in [1.54, 1.807) is 13.8 Å². The van der Waals surface area contributed by atoms with E-state index < -0.39 is 10.8 Å². The fourth-order valence-corrected chi connectivity index (χ4v) is 4.07. The van der Waals surface area contributed by atoms with Crippen molar-refractivity contribution in [1.29, 1.82) is 5.26 Å². The van der Waals surface area contributed by atoms with E-state index in [4.69, 9.17) is 11.6 Å². The van der Waals surface area contributed by atoms with Crippen LogP contribution < -0.4 is 5.32 Å². The van der Waals surface area contributed by atoms with Crippen LogP contribution in [0.25, 0.3) is 11.4 Å². The van der Waals surface area contributed by atoms with Crippen molar-refractivity contribution in [2.75, 3.05) is 0 Å². The van der Waals surface area contributed by atoms with E-state index in [2.05, 4.69) is 21.6 Å². The minimum atomic E-state index is -0.938. The van der Waals surface area contributed by atoms with Gasteiger partial charge in [0, 0.05) is 5.56 Å². The minimum absolute atomic E-state index is 0.0257. The number of hydrogen-bond acceptors (Lipinski definition) is 5. The lowest BCUT2D eigenvalue weighted by Gasteiger charge is -2.28. The Bertz CT molecular complexity index is 1120. The Balaban J connectivity index is 1.92. The summed E-state index contributed by atoms with van der Waals surface area (Å²) in [6.45, 7) is 7.89. The van der Waals surface area contributed by atoms with Crippen molar-refractivity contribution in [3.63, 3.8) is 0 Å². The number of rotatable bonds is 8. The molecule has 0 saturated heterocycles. The summed E-state index contributed by atoms with van der Waals surface area (Å²) in [4.78, 5) is 12.9. The van der Waals surface area contributed by atoms with E-state index >= 15 is 0 Å². The third-order valence-corrected chi connectivity index (χ3v) is 6.85. The molecule has 0 bridgehead atoms. The molecule has 2 atom stereocenters. The molecule has 0 radical (unpaired) electrons. The van der Waals surface area contributed by atoms with Crippen LogP contribution in [-0.2, 0) is 11.3 Å². The van der Waals surface area contributed by atoms with Crippen LogP contribution in [0.4, 0.5) is 0 Å². The first kappa shape index (κ1) is 23.8. The Morgan fingerprint density at radius 1 is 1.16 bits per heavy atom. The molecule has 0 spiro atoms. The lowest BCUT2D eigenvalue weighted by Crippen LogP contribution is -2.51. The van der Waals surface area contributed by atoms with Gasteiger partial charge in [0.15, 0.2) is 11.0 Å². The second-order valence-corrected chi connectivity index (χ2v) is 9.79. The van der Waals surface area contributed by atoms with Crippen molar-refractivity contribution in [1.82, 2.24) is 20.1 Å². The average molecular weight is 468 g/mol. The van der Waals surface area contributed by atoms with Crippen molar-refractivity contribution in [3.8, 4) is 17.5 Å². The number of thioether (sulfide) groups is 1. The van der Waals surface area contributed by atoms with Crippen LogP contribution in [-0.4, -0.2) is 31.5 Å². The molecule has 3 aromatic rings. The molecule has 0 aliphatic carbocycles. The van der Waals surface area contributed by atoms with E-state index in [0.717, 1.165) is 11.1 Å². The molecule has 1 heterocycles. The number of halogens is 1. The molecule has 0 aliphatic heterocycles. The molecule has 2 unspecified atom stereocenters. The van der Waals surface area contributed by atoms with Crippen LogP contribution in [0.2, 0.25) is 5.02 Å². The molecular formula is C24H26ClN5OS. The molecule has 6 nitrogen and oxygen atoms in total. The topological polar surface area (TPSA) is 83.6 Å². The van der Waals surface area contributed by atoms with Crippen molar-refractivity contribution in [2.45, 2.75) is 50.2 Å². The van der Waals surface area contributed by atoms with Gasteiger partial charge < -0.3 is 5.32 Å². The van der Waals surface area contributed by atoms with Crippen LogP contribution >= 0.6 is 23.4 Å². The summed E-state index contributed by atoms with van der Waals surface area (Å²) in [6, 6.07) is 19.7. The Morgan fingerprint density at radius 2 is 1.81 bits per heavy atom. The lowest BCUT2D eigenvalue weighted by molar-refractivity contribution is -0.121. The van der Waals surface area contributed by atoms with Crippen molar-refractivity contribution < 1.29 is 4.79 Å². The highest BCUT2D eigenvalue weighted by molar-refractivity contribution is 8.00. The number of carbonyl (C=O) groups is 1. The quantitative estimate of drug-likeness (QED) is 0.461. The van der Waals surface area contributed by atoms with Crippen molar-refractivity contribution in [3.05, 3.63) is 65.2 Å². The summed E-state index contributed by atoms with van der Waals surface area (Å²) in [5, 5.41) is 21.9. The standard InChI is InChI=1S/C24H26ClN5OS/c1-16(2)24(4,15-26)27-22(31)17(3)32-23-29-28-21(19-12-8-9-13-20(19)25)30(23)14-18-10-6-5-7-11-18/h5-13,16-17H,14H2,1-4H3,(H,27,31). The van der Waals surface area contributed by atoms with Crippen LogP contribution in [0.3, 0.4) is 0 Å². The van der Waals surface area contributed by atoms with Gasteiger partial charge in [-0.05, 0) is 37.5 Å². The number of nitrogens with zero attached hydrogens (tertiary/aromatic N) is 4. The van der Waals surface area contributed by atoms with Crippen molar-refractivity contribution in [2.24, 2.45) is 5.92 Å². The summed E-state index contributed by atoms with van der Waals surface area (Å²) in [5.74, 6) is 0.391. The smallest absolute Gasteiger partial charge is 0.234 e. The second kappa shape index (κ2) is 10.2. The molecular weight excluding hydrogens is 442 g/mol. The maximum Gasteiger partial charge on any atom is 0.234 e. The molecule has 0 fully saturated rings. The first-order valence-electron chi connectivity index (χ1n) is 10.4. The van der Waals surface area contributed by atoms with Crippen molar-refractivity contribution >= 4 is 29.3 Å². The van der Waals surface area contributed by atoms with E-state index in [1.807, 2.05) is 73.0 Å². The average Bonchev–Trinajstić information content (AvgIpc) is 3.16. The summed E-state index contributed by atoms with van der Waals surface area (Å²) in [7, 11) is 0. The van der Waals surface area contributed by atoms with Gasteiger partial charge in [-0.3, -0.25) is 9.36 Å². The molecule has 1 N–H and O–H groups in total. The predicted molar refractivity (Wildman–Crippen MR) is 128 cm³/mol. The van der Waals surface area contributed by atoms with Crippen LogP contribution in [0.1, 0.15) is 33.3 Å². The van der Waals surface area contributed by atoms with Gasteiger partial charge in [-0.2, -0.15) is 5.26 Å². The number of hydrogen-bond donors (Lipinski definition) is 1. The Kier molecular flexibility index (Phi) is 7.60.